The molecule has 0 fully saturated rings. The number of rotatable bonds is 7. The van der Waals surface area contributed by atoms with Crippen LogP contribution in [0.15, 0.2) is 72.9 Å². The highest BCUT2D eigenvalue weighted by Crippen LogP contribution is 2.27. The van der Waals surface area contributed by atoms with E-state index in [4.69, 9.17) is 11.6 Å². The van der Waals surface area contributed by atoms with Gasteiger partial charge in [-0.25, -0.2) is 9.97 Å². The second-order valence-electron chi connectivity index (χ2n) is 6.61. The van der Waals surface area contributed by atoms with Crippen LogP contribution in [-0.2, 0) is 6.54 Å². The molecule has 0 saturated carbocycles. The lowest BCUT2D eigenvalue weighted by molar-refractivity contribution is 0.0954. The number of nitrogens with one attached hydrogen (secondary N) is 2. The van der Waals surface area contributed by atoms with Crippen molar-refractivity contribution in [1.82, 2.24) is 15.3 Å². The number of hydrogen-bond donors (Lipinski definition) is 2. The van der Waals surface area contributed by atoms with E-state index in [1.54, 1.807) is 42.6 Å². The molecule has 0 bridgehead atoms. The average molecular weight is 449 g/mol. The summed E-state index contributed by atoms with van der Waals surface area (Å²) < 4.78 is 0. The van der Waals surface area contributed by atoms with Crippen molar-refractivity contribution in [2.45, 2.75) is 6.54 Å². The van der Waals surface area contributed by atoms with Crippen molar-refractivity contribution in [3.05, 3.63) is 94.0 Å². The van der Waals surface area contributed by atoms with Crippen LogP contribution in [0.5, 0.6) is 0 Å². The fourth-order valence-corrected chi connectivity index (χ4v) is 3.99. The van der Waals surface area contributed by atoms with Crippen LogP contribution in [0, 0.1) is 0 Å². The van der Waals surface area contributed by atoms with Gasteiger partial charge in [0.05, 0.1) is 15.4 Å². The highest BCUT2D eigenvalue weighted by atomic mass is 35.5. The first-order valence-electron chi connectivity index (χ1n) is 9.39. The largest absolute Gasteiger partial charge is 0.347 e. The lowest BCUT2D eigenvalue weighted by atomic mass is 10.2. The summed E-state index contributed by atoms with van der Waals surface area (Å²) in [5, 5.41) is 6.63. The molecule has 2 heterocycles. The molecule has 31 heavy (non-hydrogen) atoms. The van der Waals surface area contributed by atoms with Crippen LogP contribution < -0.4 is 10.6 Å². The third-order valence-electron chi connectivity index (χ3n) is 4.36. The minimum absolute atomic E-state index is 0.158. The normalized spacial score (nSPS) is 10.5. The van der Waals surface area contributed by atoms with Gasteiger partial charge in [0.2, 0.25) is 5.95 Å². The van der Waals surface area contributed by atoms with Crippen LogP contribution in [0.25, 0.3) is 10.6 Å². The van der Waals surface area contributed by atoms with Crippen LogP contribution in [0.1, 0.15) is 25.6 Å². The summed E-state index contributed by atoms with van der Waals surface area (Å²) in [5.74, 6) is 0.246. The number of aromatic nitrogens is 2. The van der Waals surface area contributed by atoms with Gasteiger partial charge in [-0.05, 0) is 48.0 Å². The molecule has 8 heteroatoms. The molecule has 0 aliphatic carbocycles. The predicted molar refractivity (Wildman–Crippen MR) is 123 cm³/mol. The van der Waals surface area contributed by atoms with Gasteiger partial charge in [-0.1, -0.05) is 35.9 Å². The topological polar surface area (TPSA) is 84.0 Å². The quantitative estimate of drug-likeness (QED) is 0.372. The van der Waals surface area contributed by atoms with Gasteiger partial charge >= 0.3 is 0 Å². The monoisotopic (exact) mass is 448 g/mol. The van der Waals surface area contributed by atoms with Gasteiger partial charge < -0.3 is 10.6 Å². The maximum Gasteiger partial charge on any atom is 0.261 e. The maximum atomic E-state index is 12.5. The number of aldehydes is 1. The van der Waals surface area contributed by atoms with Gasteiger partial charge in [0.1, 0.15) is 6.29 Å². The van der Waals surface area contributed by atoms with Crippen molar-refractivity contribution in [2.24, 2.45) is 0 Å². The molecule has 0 saturated heterocycles. The number of thiophene rings is 1. The van der Waals surface area contributed by atoms with Gasteiger partial charge in [-0.3, -0.25) is 9.59 Å². The van der Waals surface area contributed by atoms with Gasteiger partial charge in [0, 0.05) is 29.0 Å². The minimum atomic E-state index is -0.158. The summed E-state index contributed by atoms with van der Waals surface area (Å²) in [6, 6.07) is 19.8. The lowest BCUT2D eigenvalue weighted by Gasteiger charge is -2.06. The van der Waals surface area contributed by atoms with Gasteiger partial charge in [0.25, 0.3) is 5.91 Å². The fourth-order valence-electron chi connectivity index (χ4n) is 2.89. The summed E-state index contributed by atoms with van der Waals surface area (Å²) in [5.41, 5.74) is 2.91. The molecule has 4 rings (SSSR count). The van der Waals surface area contributed by atoms with E-state index in [0.717, 1.165) is 16.7 Å². The Kier molecular flexibility index (Phi) is 6.35. The van der Waals surface area contributed by atoms with E-state index < -0.39 is 0 Å². The third-order valence-corrected chi connectivity index (χ3v) is 5.70. The summed E-state index contributed by atoms with van der Waals surface area (Å²) >= 11 is 7.33. The Morgan fingerprint density at radius 2 is 1.94 bits per heavy atom. The van der Waals surface area contributed by atoms with E-state index in [0.29, 0.717) is 39.3 Å². The van der Waals surface area contributed by atoms with Crippen molar-refractivity contribution >= 4 is 46.8 Å². The smallest absolute Gasteiger partial charge is 0.261 e. The molecule has 2 aromatic heterocycles. The highest BCUT2D eigenvalue weighted by Gasteiger charge is 2.12. The number of hydrogen-bond acceptors (Lipinski definition) is 6. The molecule has 4 aromatic rings. The number of benzene rings is 2. The summed E-state index contributed by atoms with van der Waals surface area (Å²) in [6.07, 6.45) is 2.43. The molecule has 0 radical (unpaired) electrons. The number of halogens is 1. The Labute approximate surface area is 188 Å². The number of amides is 1. The summed E-state index contributed by atoms with van der Waals surface area (Å²) in [4.78, 5) is 33.7. The Morgan fingerprint density at radius 1 is 1.06 bits per heavy atom. The average Bonchev–Trinajstić information content (AvgIpc) is 3.28. The van der Waals surface area contributed by atoms with Crippen molar-refractivity contribution < 1.29 is 9.59 Å². The Bertz CT molecular complexity index is 1240. The molecule has 0 unspecified atom stereocenters. The lowest BCUT2D eigenvalue weighted by Crippen LogP contribution is -2.21. The molecule has 0 spiro atoms. The number of nitrogens with zero attached hydrogens (tertiary/aromatic N) is 2. The van der Waals surface area contributed by atoms with E-state index in [2.05, 4.69) is 20.6 Å². The maximum absolute atomic E-state index is 12.5. The van der Waals surface area contributed by atoms with Crippen molar-refractivity contribution in [2.75, 3.05) is 5.32 Å². The molecule has 1 amide bonds. The first kappa shape index (κ1) is 20.7. The van der Waals surface area contributed by atoms with Crippen LogP contribution >= 0.6 is 22.9 Å². The van der Waals surface area contributed by atoms with Crippen molar-refractivity contribution in [1.29, 1.82) is 0 Å². The van der Waals surface area contributed by atoms with Crippen LogP contribution in [0.4, 0.5) is 11.6 Å². The molecule has 154 valence electrons. The summed E-state index contributed by atoms with van der Waals surface area (Å²) in [7, 11) is 0. The van der Waals surface area contributed by atoms with E-state index in [1.807, 2.05) is 30.3 Å². The van der Waals surface area contributed by atoms with Gasteiger partial charge in [-0.15, -0.1) is 11.3 Å². The van der Waals surface area contributed by atoms with Crippen molar-refractivity contribution in [3.63, 3.8) is 0 Å². The molecular formula is C23H17ClN4O2S. The Morgan fingerprint density at radius 3 is 2.77 bits per heavy atom. The molecule has 6 nitrogen and oxygen atoms in total. The van der Waals surface area contributed by atoms with Gasteiger partial charge in [0.15, 0.2) is 0 Å². The molecule has 2 aromatic carbocycles. The standard InChI is InChI=1S/C23H17ClN4O2S/c24-17-5-1-3-15(11-17)13-26-22(30)21-8-7-20(31-21)19-9-10-25-23(28-19)27-18-6-2-4-16(12-18)14-29/h1-12,14H,13H2,(H,26,30)(H,25,27,28). The second kappa shape index (κ2) is 9.51. The van der Waals surface area contributed by atoms with Crippen molar-refractivity contribution in [3.8, 4) is 10.6 Å². The van der Waals surface area contributed by atoms with E-state index in [9.17, 15) is 9.59 Å². The molecule has 2 N–H and O–H groups in total. The zero-order valence-electron chi connectivity index (χ0n) is 16.2. The van der Waals surface area contributed by atoms with Crippen LogP contribution in [-0.4, -0.2) is 22.2 Å². The fraction of sp³-hybridized carbons (Fsp3) is 0.0435. The number of anilines is 2. The Balaban J connectivity index is 1.45. The van der Waals surface area contributed by atoms with Crippen LogP contribution in [0.2, 0.25) is 5.02 Å². The number of carbonyl (C=O) groups is 2. The van der Waals surface area contributed by atoms with E-state index in [1.165, 1.54) is 11.3 Å². The van der Waals surface area contributed by atoms with Crippen LogP contribution in [0.3, 0.4) is 0 Å². The molecule has 0 aliphatic rings. The van der Waals surface area contributed by atoms with E-state index in [-0.39, 0.29) is 5.91 Å². The minimum Gasteiger partial charge on any atom is -0.347 e. The summed E-state index contributed by atoms with van der Waals surface area (Å²) in [6.45, 7) is 0.397. The SMILES string of the molecule is O=Cc1cccc(Nc2nccc(-c3ccc(C(=O)NCc4cccc(Cl)c4)s3)n2)c1. The molecule has 0 aliphatic heterocycles. The first-order valence-corrected chi connectivity index (χ1v) is 10.6. The zero-order chi connectivity index (χ0) is 21.6. The predicted octanol–water partition coefficient (Wildman–Crippen LogP) is 5.34. The second-order valence-corrected chi connectivity index (χ2v) is 8.13. The van der Waals surface area contributed by atoms with Gasteiger partial charge in [-0.2, -0.15) is 0 Å². The number of carbonyl (C=O) groups excluding carboxylic acids is 2. The molecular weight excluding hydrogens is 432 g/mol. The first-order chi connectivity index (χ1) is 15.1. The molecule has 0 atom stereocenters. The highest BCUT2D eigenvalue weighted by molar-refractivity contribution is 7.17. The zero-order valence-corrected chi connectivity index (χ0v) is 17.8. The van der Waals surface area contributed by atoms with E-state index >= 15 is 0 Å². The Hall–Kier alpha value is -3.55. The third kappa shape index (κ3) is 5.33.